The number of hydrogen-bond acceptors (Lipinski definition) is 5. The molecule has 1 amide bonds. The number of nitrogens with one attached hydrogen (secondary N) is 2. The normalized spacial score (nSPS) is 16.8. The molecule has 25 heavy (non-hydrogen) atoms. The van der Waals surface area contributed by atoms with E-state index in [0.29, 0.717) is 12.4 Å². The van der Waals surface area contributed by atoms with Crippen molar-refractivity contribution in [3.05, 3.63) is 45.9 Å². The van der Waals surface area contributed by atoms with Crippen LogP contribution in [-0.4, -0.2) is 40.3 Å². The van der Waals surface area contributed by atoms with Gasteiger partial charge in [0.05, 0.1) is 6.10 Å². The zero-order valence-corrected chi connectivity index (χ0v) is 14.2. The minimum Gasteiger partial charge on any atom is -0.376 e. The molecular weight excluding hydrogens is 320 g/mol. The van der Waals surface area contributed by atoms with Crippen LogP contribution >= 0.6 is 0 Å². The number of hydrogen-bond donors (Lipinski definition) is 2. The number of ether oxygens (including phenoxy) is 1. The topological polar surface area (TPSA) is 97.0 Å². The van der Waals surface area contributed by atoms with Gasteiger partial charge >= 0.3 is 0 Å². The van der Waals surface area contributed by atoms with Crippen LogP contribution in [0.25, 0.3) is 11.4 Å². The summed E-state index contributed by atoms with van der Waals surface area (Å²) in [7, 11) is 0. The fourth-order valence-corrected chi connectivity index (χ4v) is 2.72. The zero-order valence-electron chi connectivity index (χ0n) is 14.2. The van der Waals surface area contributed by atoms with E-state index in [1.165, 1.54) is 0 Å². The van der Waals surface area contributed by atoms with Crippen LogP contribution in [0.3, 0.4) is 0 Å². The molecule has 2 aromatic rings. The molecule has 7 heteroatoms. The Bertz CT molecular complexity index is 780. The Morgan fingerprint density at radius 2 is 2.12 bits per heavy atom. The van der Waals surface area contributed by atoms with E-state index < -0.39 is 0 Å². The van der Waals surface area contributed by atoms with Crippen molar-refractivity contribution in [1.29, 1.82) is 0 Å². The van der Waals surface area contributed by atoms with Gasteiger partial charge in [0.2, 0.25) is 5.91 Å². The molecule has 1 aromatic heterocycles. The largest absolute Gasteiger partial charge is 0.376 e. The molecule has 132 valence electrons. The van der Waals surface area contributed by atoms with Gasteiger partial charge in [-0.2, -0.15) is 0 Å². The fraction of sp³-hybridized carbons (Fsp3) is 0.444. The maximum atomic E-state index is 12.2. The van der Waals surface area contributed by atoms with E-state index >= 15 is 0 Å². The average molecular weight is 342 g/mol. The van der Waals surface area contributed by atoms with E-state index in [2.05, 4.69) is 20.5 Å². The first-order valence-corrected chi connectivity index (χ1v) is 8.53. The molecule has 0 radical (unpaired) electrons. The summed E-state index contributed by atoms with van der Waals surface area (Å²) >= 11 is 0. The van der Waals surface area contributed by atoms with Gasteiger partial charge in [0.25, 0.3) is 5.56 Å². The molecule has 1 fully saturated rings. The second-order valence-corrected chi connectivity index (χ2v) is 6.25. The number of carbonyl (C=O) groups excluding carboxylic acids is 1. The highest BCUT2D eigenvalue weighted by molar-refractivity contribution is 5.76. The third kappa shape index (κ3) is 4.73. The van der Waals surface area contributed by atoms with Gasteiger partial charge in [0, 0.05) is 31.6 Å². The first-order chi connectivity index (χ1) is 12.1. The molecule has 1 atom stereocenters. The number of aryl methyl sites for hydroxylation is 2. The highest BCUT2D eigenvalue weighted by Gasteiger charge is 2.16. The SMILES string of the molecule is Cc1ccc(-c2nnc(CCC(=O)NCC3CCCO3)c(=O)[nH]2)cc1. The number of carbonyl (C=O) groups is 1. The lowest BCUT2D eigenvalue weighted by atomic mass is 10.1. The van der Waals surface area contributed by atoms with Crippen molar-refractivity contribution in [1.82, 2.24) is 20.5 Å². The van der Waals surface area contributed by atoms with Gasteiger partial charge in [-0.15, -0.1) is 10.2 Å². The number of aromatic nitrogens is 3. The van der Waals surface area contributed by atoms with E-state index in [1.54, 1.807) is 0 Å². The van der Waals surface area contributed by atoms with Crippen molar-refractivity contribution in [2.75, 3.05) is 13.2 Å². The molecule has 1 aromatic carbocycles. The zero-order chi connectivity index (χ0) is 17.6. The predicted molar refractivity (Wildman–Crippen MR) is 93.1 cm³/mol. The summed E-state index contributed by atoms with van der Waals surface area (Å²) in [5.74, 6) is 0.316. The Kier molecular flexibility index (Phi) is 5.55. The highest BCUT2D eigenvalue weighted by Crippen LogP contribution is 2.13. The fourth-order valence-electron chi connectivity index (χ4n) is 2.72. The van der Waals surface area contributed by atoms with Gasteiger partial charge < -0.3 is 15.0 Å². The van der Waals surface area contributed by atoms with E-state index in [4.69, 9.17) is 4.74 Å². The average Bonchev–Trinajstić information content (AvgIpc) is 3.13. The molecule has 1 saturated heterocycles. The number of nitrogens with zero attached hydrogens (tertiary/aromatic N) is 2. The quantitative estimate of drug-likeness (QED) is 0.826. The van der Waals surface area contributed by atoms with Gasteiger partial charge in [-0.25, -0.2) is 0 Å². The Balaban J connectivity index is 1.55. The molecule has 2 heterocycles. The van der Waals surface area contributed by atoms with Gasteiger partial charge in [-0.05, 0) is 19.8 Å². The lowest BCUT2D eigenvalue weighted by Gasteiger charge is -2.10. The van der Waals surface area contributed by atoms with Crippen LogP contribution < -0.4 is 10.9 Å². The van der Waals surface area contributed by atoms with E-state index in [-0.39, 0.29) is 36.1 Å². The molecule has 0 saturated carbocycles. The van der Waals surface area contributed by atoms with Crippen molar-refractivity contribution < 1.29 is 9.53 Å². The van der Waals surface area contributed by atoms with Gasteiger partial charge in [0.1, 0.15) is 5.69 Å². The molecule has 2 N–H and O–H groups in total. The summed E-state index contributed by atoms with van der Waals surface area (Å²) in [6.07, 6.45) is 2.59. The smallest absolute Gasteiger partial charge is 0.273 e. The number of H-pyrrole nitrogens is 1. The predicted octanol–water partition coefficient (Wildman–Crippen LogP) is 1.37. The van der Waals surface area contributed by atoms with Crippen molar-refractivity contribution >= 4 is 5.91 Å². The molecule has 1 aliphatic rings. The van der Waals surface area contributed by atoms with Crippen LogP contribution in [0.5, 0.6) is 0 Å². The molecule has 3 rings (SSSR count). The van der Waals surface area contributed by atoms with Crippen molar-refractivity contribution in [2.45, 2.75) is 38.7 Å². The first kappa shape index (κ1) is 17.3. The lowest BCUT2D eigenvalue weighted by Crippen LogP contribution is -2.32. The molecule has 0 aliphatic carbocycles. The Morgan fingerprint density at radius 1 is 1.32 bits per heavy atom. The van der Waals surface area contributed by atoms with Gasteiger partial charge in [-0.1, -0.05) is 29.8 Å². The molecule has 0 bridgehead atoms. The number of aromatic amines is 1. The lowest BCUT2D eigenvalue weighted by molar-refractivity contribution is -0.121. The molecule has 0 spiro atoms. The van der Waals surface area contributed by atoms with Crippen LogP contribution in [0.15, 0.2) is 29.1 Å². The summed E-state index contributed by atoms with van der Waals surface area (Å²) in [5, 5.41) is 10.9. The standard InChI is InChI=1S/C18H22N4O3/c1-12-4-6-13(7-5-12)17-20-18(24)15(21-22-17)8-9-16(23)19-11-14-3-2-10-25-14/h4-7,14H,2-3,8-11H2,1H3,(H,19,23)(H,20,22,24). The summed E-state index contributed by atoms with van der Waals surface area (Å²) in [4.78, 5) is 26.8. The van der Waals surface area contributed by atoms with Crippen LogP contribution in [0.2, 0.25) is 0 Å². The third-order valence-electron chi connectivity index (χ3n) is 4.23. The minimum atomic E-state index is -0.308. The van der Waals surface area contributed by atoms with Crippen LogP contribution in [0, 0.1) is 6.92 Å². The van der Waals surface area contributed by atoms with E-state index in [9.17, 15) is 9.59 Å². The summed E-state index contributed by atoms with van der Waals surface area (Å²) in [6, 6.07) is 7.66. The Labute approximate surface area is 145 Å². The Hall–Kier alpha value is -2.54. The van der Waals surface area contributed by atoms with Crippen molar-refractivity contribution in [3.8, 4) is 11.4 Å². The number of amides is 1. The van der Waals surface area contributed by atoms with Crippen molar-refractivity contribution in [2.24, 2.45) is 0 Å². The van der Waals surface area contributed by atoms with Crippen LogP contribution in [0.4, 0.5) is 0 Å². The second-order valence-electron chi connectivity index (χ2n) is 6.25. The summed E-state index contributed by atoms with van der Waals surface area (Å²) < 4.78 is 5.46. The Morgan fingerprint density at radius 3 is 2.80 bits per heavy atom. The first-order valence-electron chi connectivity index (χ1n) is 8.53. The maximum absolute atomic E-state index is 12.2. The van der Waals surface area contributed by atoms with E-state index in [0.717, 1.165) is 30.6 Å². The third-order valence-corrected chi connectivity index (χ3v) is 4.23. The summed E-state index contributed by atoms with van der Waals surface area (Å²) in [6.45, 7) is 3.28. The number of benzene rings is 1. The van der Waals surface area contributed by atoms with E-state index in [1.807, 2.05) is 31.2 Å². The van der Waals surface area contributed by atoms with Crippen molar-refractivity contribution in [3.63, 3.8) is 0 Å². The van der Waals surface area contributed by atoms with Gasteiger partial charge in [-0.3, -0.25) is 9.59 Å². The number of rotatable bonds is 6. The van der Waals surface area contributed by atoms with Crippen LogP contribution in [-0.2, 0) is 16.0 Å². The second kappa shape index (κ2) is 8.02. The van der Waals surface area contributed by atoms with Crippen LogP contribution in [0.1, 0.15) is 30.5 Å². The molecule has 7 nitrogen and oxygen atoms in total. The highest BCUT2D eigenvalue weighted by atomic mass is 16.5. The monoisotopic (exact) mass is 342 g/mol. The molecular formula is C18H22N4O3. The van der Waals surface area contributed by atoms with Gasteiger partial charge in [0.15, 0.2) is 5.82 Å². The minimum absolute atomic E-state index is 0.112. The maximum Gasteiger partial charge on any atom is 0.273 e. The summed E-state index contributed by atoms with van der Waals surface area (Å²) in [5.41, 5.74) is 1.89. The molecule has 1 aliphatic heterocycles. The molecule has 1 unspecified atom stereocenters.